The molecule has 1 aromatic carbocycles. The van der Waals surface area contributed by atoms with E-state index in [0.29, 0.717) is 46.5 Å². The second-order valence-electron chi connectivity index (χ2n) is 14.1. The highest BCUT2D eigenvalue weighted by molar-refractivity contribution is 6.25. The number of likely N-dealkylation sites (tertiary alicyclic amines) is 1. The molecule has 4 atom stereocenters. The largest absolute Gasteiger partial charge is 0.494 e. The minimum atomic E-state index is -0.583. The summed E-state index contributed by atoms with van der Waals surface area (Å²) >= 11 is 0. The predicted molar refractivity (Wildman–Crippen MR) is 187 cm³/mol. The zero-order valence-electron chi connectivity index (χ0n) is 28.1. The number of methoxy groups -OCH3 is 2. The topological polar surface area (TPSA) is 147 Å². The Hall–Kier alpha value is -5.36. The molecule has 3 aliphatic carbocycles. The van der Waals surface area contributed by atoms with E-state index in [0.717, 1.165) is 66.0 Å². The van der Waals surface area contributed by atoms with E-state index in [2.05, 4.69) is 21.7 Å². The summed E-state index contributed by atoms with van der Waals surface area (Å²) in [5.41, 5.74) is 12.2. The standard InChI is InChI=1S/C38H37N7O5/c1-43-34-28(13-23(15-31(34)49-2)37(47)45-18-22-8-11-29(45)33(22)39)42-36(43)30-14-21-7-9-26(41-35(21)44(30)17-19-4-5-19)20-6-10-27-24(12-20)25(38(48)50-3)16-32(46)40-27/h6-7,9-10,12-16,19-20,22,29,33H,4-5,8,11,17-18,39H2,1-3H3/t20?,22?,29?,33-/m1/s1. The van der Waals surface area contributed by atoms with Gasteiger partial charge in [0.05, 0.1) is 42.4 Å². The molecule has 2 amide bonds. The highest BCUT2D eigenvalue weighted by Gasteiger charge is 2.47. The van der Waals surface area contributed by atoms with E-state index in [1.165, 1.54) is 13.2 Å². The molecule has 0 radical (unpaired) electrons. The normalized spacial score (nSPS) is 24.0. The Bertz CT molecular complexity index is 2290. The maximum atomic E-state index is 13.8. The smallest absolute Gasteiger partial charge is 0.338 e. The number of dihydropyridines is 1. The van der Waals surface area contributed by atoms with Crippen LogP contribution in [0.1, 0.15) is 47.7 Å². The van der Waals surface area contributed by atoms with Crippen molar-refractivity contribution in [3.8, 4) is 17.3 Å². The van der Waals surface area contributed by atoms with Crippen molar-refractivity contribution in [1.29, 1.82) is 0 Å². The van der Waals surface area contributed by atoms with Crippen molar-refractivity contribution in [3.05, 3.63) is 77.0 Å². The number of esters is 1. The average Bonchev–Trinajstić information content (AvgIpc) is 3.53. The fourth-order valence-electron chi connectivity index (χ4n) is 8.27. The molecule has 50 heavy (non-hydrogen) atoms. The number of allylic oxidation sites excluding steroid dienone is 3. The number of aromatic nitrogens is 4. The number of carbonyl (C=O) groups is 3. The van der Waals surface area contributed by atoms with Gasteiger partial charge in [-0.25, -0.2) is 19.8 Å². The van der Waals surface area contributed by atoms with Gasteiger partial charge >= 0.3 is 5.97 Å². The number of aliphatic imine (C=N–C) groups is 1. The molecule has 9 rings (SSSR count). The molecule has 2 aliphatic heterocycles. The van der Waals surface area contributed by atoms with Crippen molar-refractivity contribution in [2.24, 2.45) is 29.6 Å². The number of amides is 2. The number of hydrogen-bond donors (Lipinski definition) is 1. The van der Waals surface area contributed by atoms with Crippen LogP contribution >= 0.6 is 0 Å². The monoisotopic (exact) mass is 671 g/mol. The van der Waals surface area contributed by atoms with Crippen molar-refractivity contribution < 1.29 is 23.9 Å². The van der Waals surface area contributed by atoms with Crippen LogP contribution in [-0.2, 0) is 27.9 Å². The molecule has 3 unspecified atom stereocenters. The second kappa shape index (κ2) is 11.3. The van der Waals surface area contributed by atoms with Gasteiger partial charge in [0.1, 0.15) is 16.9 Å². The number of carbonyl (C=O) groups excluding carboxylic acids is 3. The average molecular weight is 672 g/mol. The number of aryl methyl sites for hydroxylation is 1. The molecule has 2 bridgehead atoms. The number of nitrogens with zero attached hydrogens (tertiary/aromatic N) is 6. The third-order valence-electron chi connectivity index (χ3n) is 11.1. The molecule has 0 spiro atoms. The van der Waals surface area contributed by atoms with Gasteiger partial charge in [0, 0.05) is 60.7 Å². The number of nitrogens with two attached hydrogens (primary N) is 1. The number of pyridine rings is 1. The third kappa shape index (κ3) is 4.76. The van der Waals surface area contributed by atoms with Crippen molar-refractivity contribution in [2.45, 2.75) is 50.2 Å². The highest BCUT2D eigenvalue weighted by Crippen LogP contribution is 2.41. The summed E-state index contributed by atoms with van der Waals surface area (Å²) in [7, 11) is 4.90. The molecule has 12 heteroatoms. The van der Waals surface area contributed by atoms with Crippen LogP contribution < -0.4 is 10.5 Å². The molecule has 5 heterocycles. The SMILES string of the molecule is COC(=O)C1=CC(=O)N=C2C=CC(c3ccc4cc(-c5nc6cc(C(=O)N7CC8CCC7[C@@H]8N)cc(OC)c6n5C)n(CC5CC5)c4n3)C=C12. The molecular formula is C38H37N7O5. The highest BCUT2D eigenvalue weighted by atomic mass is 16.5. The number of piperidine rings is 1. The van der Waals surface area contributed by atoms with Crippen LogP contribution in [-0.4, -0.2) is 80.3 Å². The van der Waals surface area contributed by atoms with Crippen molar-refractivity contribution >= 4 is 45.6 Å². The molecule has 3 aromatic heterocycles. The van der Waals surface area contributed by atoms with E-state index in [-0.39, 0.29) is 29.5 Å². The van der Waals surface area contributed by atoms with Crippen LogP contribution in [0.3, 0.4) is 0 Å². The van der Waals surface area contributed by atoms with Gasteiger partial charge in [-0.15, -0.1) is 0 Å². The number of benzene rings is 1. The number of hydrogen-bond acceptors (Lipinski definition) is 8. The van der Waals surface area contributed by atoms with E-state index in [1.807, 2.05) is 46.9 Å². The summed E-state index contributed by atoms with van der Waals surface area (Å²) in [4.78, 5) is 54.9. The first kappa shape index (κ1) is 30.7. The second-order valence-corrected chi connectivity index (χ2v) is 14.1. The van der Waals surface area contributed by atoms with E-state index in [1.54, 1.807) is 13.2 Å². The number of imidazole rings is 1. The maximum absolute atomic E-state index is 13.8. The van der Waals surface area contributed by atoms with Crippen LogP contribution in [0, 0.1) is 11.8 Å². The van der Waals surface area contributed by atoms with Gasteiger partial charge in [-0.2, -0.15) is 0 Å². The molecule has 2 N–H and O–H groups in total. The Labute approximate surface area is 287 Å². The van der Waals surface area contributed by atoms with Gasteiger partial charge in [-0.3, -0.25) is 9.59 Å². The molecule has 1 saturated heterocycles. The fourth-order valence-corrected chi connectivity index (χ4v) is 8.27. The van der Waals surface area contributed by atoms with Crippen molar-refractivity contribution in [2.75, 3.05) is 20.8 Å². The van der Waals surface area contributed by atoms with E-state index in [9.17, 15) is 14.4 Å². The van der Waals surface area contributed by atoms with Crippen LogP contribution in [0.15, 0.2) is 70.8 Å². The van der Waals surface area contributed by atoms with Gasteiger partial charge in [0.15, 0.2) is 5.82 Å². The number of fused-ring (bicyclic) bond motifs is 5. The van der Waals surface area contributed by atoms with Crippen molar-refractivity contribution in [3.63, 3.8) is 0 Å². The van der Waals surface area contributed by atoms with Gasteiger partial charge in [-0.05, 0) is 73.9 Å². The zero-order chi connectivity index (χ0) is 34.4. The summed E-state index contributed by atoms with van der Waals surface area (Å²) in [6.07, 6.45) is 11.2. The summed E-state index contributed by atoms with van der Waals surface area (Å²) in [5.74, 6) is 0.909. The lowest BCUT2D eigenvalue weighted by atomic mass is 9.87. The Morgan fingerprint density at radius 2 is 1.90 bits per heavy atom. The summed E-state index contributed by atoms with van der Waals surface area (Å²) in [6.45, 7) is 1.49. The summed E-state index contributed by atoms with van der Waals surface area (Å²) < 4.78 is 15.1. The lowest BCUT2D eigenvalue weighted by Gasteiger charge is -2.27. The quantitative estimate of drug-likeness (QED) is 0.287. The third-order valence-corrected chi connectivity index (χ3v) is 11.1. The molecular weight excluding hydrogens is 634 g/mol. The first-order valence-electron chi connectivity index (χ1n) is 17.2. The van der Waals surface area contributed by atoms with E-state index in [4.69, 9.17) is 25.2 Å². The molecule has 5 aliphatic rings. The fraction of sp³-hybridized carbons (Fsp3) is 0.368. The van der Waals surface area contributed by atoms with E-state index >= 15 is 0 Å². The van der Waals surface area contributed by atoms with Crippen LogP contribution in [0.25, 0.3) is 33.6 Å². The Balaban J connectivity index is 1.12. The molecule has 2 saturated carbocycles. The van der Waals surface area contributed by atoms with E-state index < -0.39 is 11.9 Å². The van der Waals surface area contributed by atoms with Gasteiger partial charge < -0.3 is 29.2 Å². The first-order chi connectivity index (χ1) is 24.2. The lowest BCUT2D eigenvalue weighted by Crippen LogP contribution is -2.41. The Kier molecular flexibility index (Phi) is 6.96. The molecule has 12 nitrogen and oxygen atoms in total. The maximum Gasteiger partial charge on any atom is 0.338 e. The minimum absolute atomic E-state index is 0.0289. The lowest BCUT2D eigenvalue weighted by molar-refractivity contribution is -0.136. The number of ether oxygens (including phenoxy) is 2. The molecule has 3 fully saturated rings. The minimum Gasteiger partial charge on any atom is -0.494 e. The van der Waals surface area contributed by atoms with Gasteiger partial charge in [-0.1, -0.05) is 12.2 Å². The first-order valence-corrected chi connectivity index (χ1v) is 17.2. The molecule has 4 aromatic rings. The predicted octanol–water partition coefficient (Wildman–Crippen LogP) is 4.23. The van der Waals surface area contributed by atoms with Crippen molar-refractivity contribution in [1.82, 2.24) is 24.0 Å². The summed E-state index contributed by atoms with van der Waals surface area (Å²) in [5, 5.41) is 0.979. The summed E-state index contributed by atoms with van der Waals surface area (Å²) in [6, 6.07) is 10.0. The Morgan fingerprint density at radius 3 is 2.62 bits per heavy atom. The van der Waals surface area contributed by atoms with Gasteiger partial charge in [0.2, 0.25) is 0 Å². The Morgan fingerprint density at radius 1 is 1.06 bits per heavy atom. The van der Waals surface area contributed by atoms with Crippen LogP contribution in [0.4, 0.5) is 0 Å². The zero-order valence-corrected chi connectivity index (χ0v) is 28.1. The molecule has 254 valence electrons. The van der Waals surface area contributed by atoms with Gasteiger partial charge in [0.25, 0.3) is 11.8 Å². The number of rotatable bonds is 7. The van der Waals surface area contributed by atoms with Crippen LogP contribution in [0.2, 0.25) is 0 Å². The van der Waals surface area contributed by atoms with Crippen LogP contribution in [0.5, 0.6) is 5.75 Å².